The molecule has 2 aromatic rings. The lowest BCUT2D eigenvalue weighted by molar-refractivity contribution is 0.0698. The number of unbranched alkanes of at least 4 members (excludes halogenated alkanes) is 6. The first-order valence-electron chi connectivity index (χ1n) is 9.19. The molecule has 0 fully saturated rings. The smallest absolute Gasteiger partial charge is 0.336 e. The summed E-state index contributed by atoms with van der Waals surface area (Å²) in [7, 11) is 0. The van der Waals surface area contributed by atoms with Crippen molar-refractivity contribution in [2.75, 3.05) is 0 Å². The van der Waals surface area contributed by atoms with Crippen molar-refractivity contribution in [1.82, 2.24) is 0 Å². The van der Waals surface area contributed by atoms with Crippen LogP contribution in [0.1, 0.15) is 67.3 Å². The van der Waals surface area contributed by atoms with Crippen molar-refractivity contribution >= 4 is 64.5 Å². The van der Waals surface area contributed by atoms with E-state index in [0.717, 1.165) is 42.0 Å². The number of fused-ring (bicyclic) bond motifs is 1. The van der Waals surface area contributed by atoms with Gasteiger partial charge < -0.3 is 5.11 Å². The number of rotatable bonds is 10. The van der Waals surface area contributed by atoms with E-state index < -0.39 is 5.97 Å². The number of aromatic carboxylic acids is 1. The van der Waals surface area contributed by atoms with Gasteiger partial charge in [-0.15, -0.1) is 0 Å². The number of carboxylic acids is 1. The first-order chi connectivity index (χ1) is 12.4. The Labute approximate surface area is 181 Å². The minimum atomic E-state index is -0.821. The van der Waals surface area contributed by atoms with Gasteiger partial charge in [0, 0.05) is 0 Å². The molecule has 5 heteroatoms. The maximum atomic E-state index is 11.7. The highest BCUT2D eigenvalue weighted by molar-refractivity contribution is 9.39. The Balaban J connectivity index is 1.75. The van der Waals surface area contributed by atoms with E-state index >= 15 is 0 Å². The highest BCUT2D eigenvalue weighted by atomic mass is 80.0. The van der Waals surface area contributed by atoms with E-state index in [9.17, 15) is 9.90 Å². The van der Waals surface area contributed by atoms with Crippen LogP contribution in [0.15, 0.2) is 36.4 Å². The number of hydrogen-bond acceptors (Lipinski definition) is 1. The molecule has 2 aromatic carbocycles. The van der Waals surface area contributed by atoms with Gasteiger partial charge in [0.2, 0.25) is 0 Å². The summed E-state index contributed by atoms with van der Waals surface area (Å²) in [5, 5.41) is 11.5. The van der Waals surface area contributed by atoms with Crippen LogP contribution in [0.3, 0.4) is 0 Å². The molecule has 0 heterocycles. The molecule has 2 nitrogen and oxygen atoms in total. The number of carbonyl (C=O) groups is 1. The number of benzene rings is 2. The molecule has 0 bridgehead atoms. The van der Waals surface area contributed by atoms with Gasteiger partial charge in [-0.25, -0.2) is 4.79 Å². The van der Waals surface area contributed by atoms with Gasteiger partial charge in [0.25, 0.3) is 0 Å². The van der Waals surface area contributed by atoms with Crippen molar-refractivity contribution < 1.29 is 9.90 Å². The van der Waals surface area contributed by atoms with Crippen molar-refractivity contribution in [2.24, 2.45) is 0 Å². The molecule has 2 rings (SSSR count). The summed E-state index contributed by atoms with van der Waals surface area (Å²) in [6, 6.07) is 11.7. The molecule has 0 radical (unpaired) electrons. The summed E-state index contributed by atoms with van der Waals surface area (Å²) in [6.07, 6.45) is 10.3. The van der Waals surface area contributed by atoms with Gasteiger partial charge in [0.05, 0.1) is 5.56 Å². The molecule has 0 spiro atoms. The Morgan fingerprint density at radius 2 is 1.46 bits per heavy atom. The standard InChI is InChI=1S/C21H25Br3O2/c22-21(23,24)15-9-5-3-1-2-4-6-11-17-14-13-16-10-7-8-12-18(16)19(17)20(25)26/h7-8,10,12-14H,1-6,9,11,15H2,(H,25,26). The quantitative estimate of drug-likeness (QED) is 0.241. The van der Waals surface area contributed by atoms with Crippen LogP contribution in [0.25, 0.3) is 10.8 Å². The second kappa shape index (κ2) is 10.8. The average Bonchev–Trinajstić information content (AvgIpc) is 2.58. The molecular formula is C21H25Br3O2. The van der Waals surface area contributed by atoms with Crippen molar-refractivity contribution in [3.8, 4) is 0 Å². The summed E-state index contributed by atoms with van der Waals surface area (Å²) in [6.45, 7) is 0. The molecule has 0 atom stereocenters. The normalized spacial score (nSPS) is 11.8. The monoisotopic (exact) mass is 546 g/mol. The van der Waals surface area contributed by atoms with E-state index in [0.29, 0.717) is 5.56 Å². The van der Waals surface area contributed by atoms with Crippen LogP contribution in [-0.4, -0.2) is 13.2 Å². The van der Waals surface area contributed by atoms with Crippen molar-refractivity contribution in [2.45, 2.75) is 59.9 Å². The first kappa shape index (κ1) is 21.9. The van der Waals surface area contributed by atoms with Gasteiger partial charge in [-0.1, -0.05) is 123 Å². The molecule has 0 saturated heterocycles. The number of carboxylic acid groups (broad SMARTS) is 1. The van der Waals surface area contributed by atoms with Crippen molar-refractivity contribution in [1.29, 1.82) is 0 Å². The highest BCUT2D eigenvalue weighted by Crippen LogP contribution is 2.38. The van der Waals surface area contributed by atoms with Gasteiger partial charge in [-0.05, 0) is 35.6 Å². The zero-order valence-corrected chi connectivity index (χ0v) is 19.6. The number of halogens is 3. The summed E-state index contributed by atoms with van der Waals surface area (Å²) in [5.74, 6) is -0.821. The van der Waals surface area contributed by atoms with E-state index in [1.807, 2.05) is 36.4 Å². The third-order valence-electron chi connectivity index (χ3n) is 4.64. The molecule has 0 unspecified atom stereocenters. The minimum absolute atomic E-state index is 0.102. The van der Waals surface area contributed by atoms with Gasteiger partial charge in [0.1, 0.15) is 2.14 Å². The van der Waals surface area contributed by atoms with E-state index in [4.69, 9.17) is 0 Å². The Kier molecular flexibility index (Phi) is 9.11. The molecule has 26 heavy (non-hydrogen) atoms. The number of hydrogen-bond donors (Lipinski definition) is 1. The summed E-state index contributed by atoms with van der Waals surface area (Å²) < 4.78 is -0.102. The SMILES string of the molecule is O=C(O)c1c(CCCCCCCCCC(Br)(Br)Br)ccc2ccccc12. The number of aryl methyl sites for hydroxylation is 1. The van der Waals surface area contributed by atoms with Crippen LogP contribution in [0.4, 0.5) is 0 Å². The molecule has 1 N–H and O–H groups in total. The Morgan fingerprint density at radius 1 is 0.846 bits per heavy atom. The largest absolute Gasteiger partial charge is 0.478 e. The predicted octanol–water partition coefficient (Wildman–Crippen LogP) is 8.04. The zero-order valence-electron chi connectivity index (χ0n) is 14.8. The fraction of sp³-hybridized carbons (Fsp3) is 0.476. The highest BCUT2D eigenvalue weighted by Gasteiger charge is 2.16. The number of alkyl halides is 3. The molecular weight excluding hydrogens is 524 g/mol. The molecule has 0 aliphatic rings. The molecule has 0 amide bonds. The zero-order chi connectivity index (χ0) is 19.0. The lowest BCUT2D eigenvalue weighted by atomic mass is 9.95. The van der Waals surface area contributed by atoms with Crippen LogP contribution < -0.4 is 0 Å². The topological polar surface area (TPSA) is 37.3 Å². The lowest BCUT2D eigenvalue weighted by Gasteiger charge is -2.11. The van der Waals surface area contributed by atoms with Crippen LogP contribution >= 0.6 is 47.8 Å². The third-order valence-corrected chi connectivity index (χ3v) is 5.83. The van der Waals surface area contributed by atoms with Gasteiger partial charge in [-0.2, -0.15) is 0 Å². The molecule has 0 aromatic heterocycles. The van der Waals surface area contributed by atoms with Gasteiger partial charge >= 0.3 is 5.97 Å². The Morgan fingerprint density at radius 3 is 2.12 bits per heavy atom. The van der Waals surface area contributed by atoms with E-state index in [2.05, 4.69) is 47.8 Å². The van der Waals surface area contributed by atoms with E-state index in [1.165, 1.54) is 32.1 Å². The predicted molar refractivity (Wildman–Crippen MR) is 121 cm³/mol. The van der Waals surface area contributed by atoms with E-state index in [1.54, 1.807) is 0 Å². The van der Waals surface area contributed by atoms with Crippen LogP contribution in [0.5, 0.6) is 0 Å². The molecule has 142 valence electrons. The minimum Gasteiger partial charge on any atom is -0.478 e. The summed E-state index contributed by atoms with van der Waals surface area (Å²) in [5.41, 5.74) is 1.44. The molecule has 0 aliphatic carbocycles. The van der Waals surface area contributed by atoms with Crippen LogP contribution in [0, 0.1) is 0 Å². The molecule has 0 aliphatic heterocycles. The third kappa shape index (κ3) is 7.32. The van der Waals surface area contributed by atoms with Gasteiger partial charge in [0.15, 0.2) is 0 Å². The molecule has 0 saturated carbocycles. The van der Waals surface area contributed by atoms with Crippen LogP contribution in [0.2, 0.25) is 0 Å². The van der Waals surface area contributed by atoms with E-state index in [-0.39, 0.29) is 2.14 Å². The average molecular weight is 549 g/mol. The second-order valence-electron chi connectivity index (χ2n) is 6.72. The Hall–Kier alpha value is -0.390. The maximum absolute atomic E-state index is 11.7. The summed E-state index contributed by atoms with van der Waals surface area (Å²) in [4.78, 5) is 11.7. The fourth-order valence-electron chi connectivity index (χ4n) is 3.30. The second-order valence-corrected chi connectivity index (χ2v) is 14.0. The van der Waals surface area contributed by atoms with Crippen LogP contribution in [-0.2, 0) is 6.42 Å². The first-order valence-corrected chi connectivity index (χ1v) is 11.6. The Bertz CT molecular complexity index is 723. The fourth-order valence-corrected chi connectivity index (χ4v) is 4.14. The van der Waals surface area contributed by atoms with Crippen molar-refractivity contribution in [3.63, 3.8) is 0 Å². The van der Waals surface area contributed by atoms with Crippen molar-refractivity contribution in [3.05, 3.63) is 47.5 Å². The summed E-state index contributed by atoms with van der Waals surface area (Å²) >= 11 is 10.6. The lowest BCUT2D eigenvalue weighted by Crippen LogP contribution is -2.04. The van der Waals surface area contributed by atoms with Gasteiger partial charge in [-0.3, -0.25) is 0 Å². The maximum Gasteiger partial charge on any atom is 0.336 e.